The van der Waals surface area contributed by atoms with Crippen molar-refractivity contribution in [1.29, 1.82) is 0 Å². The van der Waals surface area contributed by atoms with E-state index in [0.717, 1.165) is 5.75 Å². The van der Waals surface area contributed by atoms with E-state index >= 15 is 0 Å². The van der Waals surface area contributed by atoms with Gasteiger partial charge >= 0.3 is 5.97 Å². The lowest BCUT2D eigenvalue weighted by molar-refractivity contribution is -0.155. The Bertz CT molecular complexity index is 985. The SMILES string of the molecule is CCOc1ccc(OCCC(=O)OC(C(=O)Nc2cc(C)on2)c2ccccc2)cc1. The van der Waals surface area contributed by atoms with E-state index in [1.165, 1.54) is 0 Å². The molecule has 0 aliphatic rings. The van der Waals surface area contributed by atoms with Crippen LogP contribution in [0.2, 0.25) is 0 Å². The summed E-state index contributed by atoms with van der Waals surface area (Å²) in [5.74, 6) is 1.06. The van der Waals surface area contributed by atoms with Gasteiger partial charge in [-0.2, -0.15) is 0 Å². The average molecular weight is 424 g/mol. The Kier molecular flexibility index (Phi) is 7.64. The minimum Gasteiger partial charge on any atom is -0.494 e. The molecule has 1 aromatic heterocycles. The van der Waals surface area contributed by atoms with Crippen LogP contribution in [0.4, 0.5) is 5.82 Å². The zero-order chi connectivity index (χ0) is 22.1. The van der Waals surface area contributed by atoms with Gasteiger partial charge in [0.15, 0.2) is 5.82 Å². The molecular weight excluding hydrogens is 400 g/mol. The Hall–Kier alpha value is -3.81. The van der Waals surface area contributed by atoms with Crippen LogP contribution in [0.1, 0.15) is 30.8 Å². The first-order chi connectivity index (χ1) is 15.0. The molecule has 1 unspecified atom stereocenters. The van der Waals surface area contributed by atoms with E-state index in [2.05, 4.69) is 10.5 Å². The van der Waals surface area contributed by atoms with Crippen LogP contribution in [-0.4, -0.2) is 30.2 Å². The first kappa shape index (κ1) is 21.9. The Morgan fingerprint density at radius 1 is 1.03 bits per heavy atom. The molecule has 0 radical (unpaired) electrons. The van der Waals surface area contributed by atoms with E-state index in [1.807, 2.05) is 13.0 Å². The van der Waals surface area contributed by atoms with Crippen molar-refractivity contribution < 1.29 is 28.3 Å². The van der Waals surface area contributed by atoms with E-state index < -0.39 is 18.0 Å². The molecule has 3 aromatic rings. The van der Waals surface area contributed by atoms with Crippen LogP contribution in [-0.2, 0) is 14.3 Å². The fraction of sp³-hybridized carbons (Fsp3) is 0.261. The van der Waals surface area contributed by atoms with Gasteiger partial charge in [0.2, 0.25) is 6.10 Å². The summed E-state index contributed by atoms with van der Waals surface area (Å²) in [6.07, 6.45) is -1.15. The highest BCUT2D eigenvalue weighted by Crippen LogP contribution is 2.21. The quantitative estimate of drug-likeness (QED) is 0.490. The molecule has 0 aliphatic carbocycles. The van der Waals surface area contributed by atoms with Gasteiger partial charge in [-0.25, -0.2) is 0 Å². The highest BCUT2D eigenvalue weighted by atomic mass is 16.6. The van der Waals surface area contributed by atoms with Gasteiger partial charge in [-0.3, -0.25) is 9.59 Å². The lowest BCUT2D eigenvalue weighted by Crippen LogP contribution is -2.26. The van der Waals surface area contributed by atoms with Crippen LogP contribution in [0.25, 0.3) is 0 Å². The third-order valence-corrected chi connectivity index (χ3v) is 4.18. The summed E-state index contributed by atoms with van der Waals surface area (Å²) >= 11 is 0. The average Bonchev–Trinajstić information content (AvgIpc) is 3.18. The van der Waals surface area contributed by atoms with Gasteiger partial charge in [0, 0.05) is 11.6 Å². The zero-order valence-electron chi connectivity index (χ0n) is 17.4. The first-order valence-electron chi connectivity index (χ1n) is 9.89. The highest BCUT2D eigenvalue weighted by Gasteiger charge is 2.25. The lowest BCUT2D eigenvalue weighted by Gasteiger charge is -2.17. The van der Waals surface area contributed by atoms with Gasteiger partial charge < -0.3 is 24.1 Å². The van der Waals surface area contributed by atoms with E-state index in [4.69, 9.17) is 18.7 Å². The van der Waals surface area contributed by atoms with Crippen molar-refractivity contribution >= 4 is 17.7 Å². The lowest BCUT2D eigenvalue weighted by atomic mass is 10.1. The van der Waals surface area contributed by atoms with Crippen molar-refractivity contribution in [3.8, 4) is 11.5 Å². The second-order valence-electron chi connectivity index (χ2n) is 6.60. The van der Waals surface area contributed by atoms with Crippen LogP contribution in [0.5, 0.6) is 11.5 Å². The van der Waals surface area contributed by atoms with Crippen molar-refractivity contribution in [2.24, 2.45) is 0 Å². The molecule has 3 rings (SSSR count). The van der Waals surface area contributed by atoms with E-state index in [-0.39, 0.29) is 18.8 Å². The van der Waals surface area contributed by atoms with Crippen molar-refractivity contribution in [3.63, 3.8) is 0 Å². The van der Waals surface area contributed by atoms with Crippen LogP contribution in [0.3, 0.4) is 0 Å². The van der Waals surface area contributed by atoms with Crippen molar-refractivity contribution in [2.45, 2.75) is 26.4 Å². The topological polar surface area (TPSA) is 99.9 Å². The number of nitrogens with one attached hydrogen (secondary N) is 1. The molecule has 0 saturated heterocycles. The largest absolute Gasteiger partial charge is 0.494 e. The minimum absolute atomic E-state index is 0.0209. The number of benzene rings is 2. The smallest absolute Gasteiger partial charge is 0.310 e. The summed E-state index contributed by atoms with van der Waals surface area (Å²) in [6.45, 7) is 4.31. The molecule has 31 heavy (non-hydrogen) atoms. The van der Waals surface area contributed by atoms with Gasteiger partial charge in [0.25, 0.3) is 5.91 Å². The standard InChI is InChI=1S/C23H24N2O6/c1-3-28-18-9-11-19(12-10-18)29-14-13-21(26)30-22(17-7-5-4-6-8-17)23(27)24-20-15-16(2)31-25-20/h4-12,15,22H,3,13-14H2,1-2H3,(H,24,25,27). The summed E-state index contributed by atoms with van der Waals surface area (Å²) < 4.78 is 21.4. The van der Waals surface area contributed by atoms with E-state index in [9.17, 15) is 9.59 Å². The maximum atomic E-state index is 12.7. The van der Waals surface area contributed by atoms with E-state index in [1.54, 1.807) is 61.5 Å². The number of ether oxygens (including phenoxy) is 3. The number of anilines is 1. The number of esters is 1. The third-order valence-electron chi connectivity index (χ3n) is 4.18. The van der Waals surface area contributed by atoms with Crippen molar-refractivity contribution in [3.05, 3.63) is 72.0 Å². The molecule has 1 heterocycles. The van der Waals surface area contributed by atoms with Crippen LogP contribution in [0, 0.1) is 6.92 Å². The summed E-state index contributed by atoms with van der Waals surface area (Å²) in [7, 11) is 0. The molecule has 0 saturated carbocycles. The molecule has 8 heteroatoms. The maximum absolute atomic E-state index is 12.7. The molecule has 162 valence electrons. The van der Waals surface area contributed by atoms with Gasteiger partial charge in [-0.15, -0.1) is 0 Å². The van der Waals surface area contributed by atoms with Gasteiger partial charge in [-0.1, -0.05) is 35.5 Å². The van der Waals surface area contributed by atoms with Gasteiger partial charge in [-0.05, 0) is 38.1 Å². The van der Waals surface area contributed by atoms with Gasteiger partial charge in [0.05, 0.1) is 19.6 Å². The second kappa shape index (κ2) is 10.8. The predicted octanol–water partition coefficient (Wildman–Crippen LogP) is 4.07. The molecule has 0 bridgehead atoms. The number of rotatable bonds is 10. The fourth-order valence-corrected chi connectivity index (χ4v) is 2.76. The first-order valence-corrected chi connectivity index (χ1v) is 9.89. The molecule has 8 nitrogen and oxygen atoms in total. The normalized spacial score (nSPS) is 11.4. The Balaban J connectivity index is 1.57. The highest BCUT2D eigenvalue weighted by molar-refractivity contribution is 5.95. The number of hydrogen-bond donors (Lipinski definition) is 1. The Morgan fingerprint density at radius 3 is 2.32 bits per heavy atom. The van der Waals surface area contributed by atoms with Crippen molar-refractivity contribution in [2.75, 3.05) is 18.5 Å². The van der Waals surface area contributed by atoms with Crippen LogP contribution in [0.15, 0.2) is 65.2 Å². The number of carbonyl (C=O) groups excluding carboxylic acids is 2. The fourth-order valence-electron chi connectivity index (χ4n) is 2.76. The van der Waals surface area contributed by atoms with Crippen LogP contribution < -0.4 is 14.8 Å². The zero-order valence-corrected chi connectivity index (χ0v) is 17.4. The Morgan fingerprint density at radius 2 is 1.71 bits per heavy atom. The number of aryl methyl sites for hydroxylation is 1. The van der Waals surface area contributed by atoms with Crippen molar-refractivity contribution in [1.82, 2.24) is 5.16 Å². The molecule has 2 aromatic carbocycles. The number of aromatic nitrogens is 1. The van der Waals surface area contributed by atoms with E-state index in [0.29, 0.717) is 23.7 Å². The molecule has 0 fully saturated rings. The molecule has 0 aliphatic heterocycles. The van der Waals surface area contributed by atoms with Crippen LogP contribution >= 0.6 is 0 Å². The Labute approximate surface area is 180 Å². The second-order valence-corrected chi connectivity index (χ2v) is 6.60. The monoisotopic (exact) mass is 424 g/mol. The van der Waals surface area contributed by atoms with Gasteiger partial charge in [0.1, 0.15) is 17.3 Å². The maximum Gasteiger partial charge on any atom is 0.310 e. The summed E-state index contributed by atoms with van der Waals surface area (Å²) in [5.41, 5.74) is 0.543. The summed E-state index contributed by atoms with van der Waals surface area (Å²) in [6, 6.07) is 17.4. The molecular formula is C23H24N2O6. The summed E-state index contributed by atoms with van der Waals surface area (Å²) in [5, 5.41) is 6.34. The molecule has 1 amide bonds. The number of hydrogen-bond acceptors (Lipinski definition) is 7. The number of amides is 1. The predicted molar refractivity (Wildman–Crippen MR) is 113 cm³/mol. The molecule has 0 spiro atoms. The minimum atomic E-state index is -1.13. The number of nitrogens with zero attached hydrogens (tertiary/aromatic N) is 1. The third kappa shape index (κ3) is 6.60. The molecule has 1 N–H and O–H groups in total. The molecule has 1 atom stereocenters. The summed E-state index contributed by atoms with van der Waals surface area (Å²) in [4.78, 5) is 25.1. The number of carbonyl (C=O) groups is 2.